The minimum Gasteiger partial charge on any atom is -0.480 e. The summed E-state index contributed by atoms with van der Waals surface area (Å²) in [4.78, 5) is 24.6. The second kappa shape index (κ2) is 5.67. The summed E-state index contributed by atoms with van der Waals surface area (Å²) < 4.78 is 0. The average Bonchev–Trinajstić information content (AvgIpc) is 2.34. The largest absolute Gasteiger partial charge is 0.480 e. The average molecular weight is 260 g/mol. The van der Waals surface area contributed by atoms with Crippen molar-refractivity contribution in [3.8, 4) is 0 Å². The number of hydrogen-bond acceptors (Lipinski definition) is 3. The highest BCUT2D eigenvalue weighted by molar-refractivity contribution is 6.08. The topological polar surface area (TPSA) is 69.6 Å². The molecule has 100 valence electrons. The predicted molar refractivity (Wildman–Crippen MR) is 72.0 cm³/mol. The van der Waals surface area contributed by atoms with Gasteiger partial charge in [0.15, 0.2) is 0 Å². The van der Waals surface area contributed by atoms with E-state index in [1.165, 1.54) is 4.90 Å². The van der Waals surface area contributed by atoms with Gasteiger partial charge in [0.25, 0.3) is 5.91 Å². The van der Waals surface area contributed by atoms with Crippen molar-refractivity contribution in [3.63, 3.8) is 0 Å². The second-order valence-electron chi connectivity index (χ2n) is 4.45. The number of anilines is 1. The molecule has 1 saturated heterocycles. The summed E-state index contributed by atoms with van der Waals surface area (Å²) in [6, 6.07) is 8.86. The molecule has 0 atom stereocenters. The highest BCUT2D eigenvalue weighted by atomic mass is 16.4. The number of para-hydroxylation sites is 1. The first-order valence-corrected chi connectivity index (χ1v) is 6.07. The summed E-state index contributed by atoms with van der Waals surface area (Å²) in [5, 5.41) is 12.0. The van der Waals surface area contributed by atoms with Crippen LogP contribution < -0.4 is 10.2 Å². The smallest absolute Gasteiger partial charge is 0.323 e. The quantitative estimate of drug-likeness (QED) is 0.793. The molecule has 0 spiro atoms. The Morgan fingerprint density at radius 2 is 1.89 bits per heavy atom. The third-order valence-electron chi connectivity index (χ3n) is 3.13. The van der Waals surface area contributed by atoms with Crippen molar-refractivity contribution in [2.45, 2.75) is 6.92 Å². The van der Waals surface area contributed by atoms with E-state index in [1.807, 2.05) is 6.07 Å². The SMILES string of the molecule is CC(C(=O)N(CC(=O)O)c1ccccc1)=C1CNC1. The van der Waals surface area contributed by atoms with Crippen molar-refractivity contribution in [2.24, 2.45) is 0 Å². The van der Waals surface area contributed by atoms with Crippen LogP contribution in [0.5, 0.6) is 0 Å². The van der Waals surface area contributed by atoms with E-state index in [2.05, 4.69) is 5.32 Å². The van der Waals surface area contributed by atoms with Gasteiger partial charge in [-0.3, -0.25) is 14.5 Å². The van der Waals surface area contributed by atoms with Crippen molar-refractivity contribution < 1.29 is 14.7 Å². The van der Waals surface area contributed by atoms with Gasteiger partial charge in [-0.25, -0.2) is 0 Å². The summed E-state index contributed by atoms with van der Waals surface area (Å²) >= 11 is 0. The van der Waals surface area contributed by atoms with E-state index < -0.39 is 5.97 Å². The van der Waals surface area contributed by atoms with Gasteiger partial charge in [-0.1, -0.05) is 18.2 Å². The first kappa shape index (κ1) is 13.3. The van der Waals surface area contributed by atoms with Crippen LogP contribution in [0.2, 0.25) is 0 Å². The standard InChI is InChI=1S/C14H16N2O3/c1-10(11-7-15-8-11)14(19)16(9-13(17)18)12-5-3-2-4-6-12/h2-6,15H,7-9H2,1H3,(H,17,18). The molecule has 1 aromatic carbocycles. The Labute approximate surface area is 111 Å². The molecular formula is C14H16N2O3. The van der Waals surface area contributed by atoms with Gasteiger partial charge < -0.3 is 10.4 Å². The Morgan fingerprint density at radius 3 is 2.37 bits per heavy atom. The number of rotatable bonds is 4. The fraction of sp³-hybridized carbons (Fsp3) is 0.286. The van der Waals surface area contributed by atoms with Gasteiger partial charge in [0.05, 0.1) is 0 Å². The second-order valence-corrected chi connectivity index (χ2v) is 4.45. The Bertz CT molecular complexity index is 517. The third kappa shape index (κ3) is 3.00. The number of benzene rings is 1. The number of aliphatic carboxylic acids is 1. The van der Waals surface area contributed by atoms with Gasteiger partial charge in [-0.05, 0) is 24.6 Å². The van der Waals surface area contributed by atoms with Crippen LogP contribution in [0.25, 0.3) is 0 Å². The molecule has 2 rings (SSSR count). The molecule has 19 heavy (non-hydrogen) atoms. The van der Waals surface area contributed by atoms with Gasteiger partial charge in [-0.2, -0.15) is 0 Å². The minimum atomic E-state index is -1.03. The van der Waals surface area contributed by atoms with Crippen LogP contribution in [0.4, 0.5) is 5.69 Å². The molecule has 5 heteroatoms. The van der Waals surface area contributed by atoms with Crippen molar-refractivity contribution in [1.82, 2.24) is 5.32 Å². The van der Waals surface area contributed by atoms with Gasteiger partial charge in [0, 0.05) is 24.4 Å². The van der Waals surface area contributed by atoms with Gasteiger partial charge in [0.1, 0.15) is 6.54 Å². The Hall–Kier alpha value is -2.14. The third-order valence-corrected chi connectivity index (χ3v) is 3.13. The van der Waals surface area contributed by atoms with Crippen molar-refractivity contribution in [3.05, 3.63) is 41.5 Å². The summed E-state index contributed by atoms with van der Waals surface area (Å²) in [6.07, 6.45) is 0. The molecule has 1 heterocycles. The highest BCUT2D eigenvalue weighted by Crippen LogP contribution is 2.18. The van der Waals surface area contributed by atoms with E-state index in [0.717, 1.165) is 5.57 Å². The van der Waals surface area contributed by atoms with Crippen LogP contribution in [0.15, 0.2) is 41.5 Å². The molecule has 0 aromatic heterocycles. The van der Waals surface area contributed by atoms with E-state index >= 15 is 0 Å². The van der Waals surface area contributed by atoms with E-state index in [4.69, 9.17) is 5.11 Å². The normalized spacial score (nSPS) is 13.6. The first-order chi connectivity index (χ1) is 9.09. The fourth-order valence-electron chi connectivity index (χ4n) is 1.89. The number of nitrogens with one attached hydrogen (secondary N) is 1. The molecule has 1 fully saturated rings. The molecule has 0 saturated carbocycles. The highest BCUT2D eigenvalue weighted by Gasteiger charge is 2.23. The fourth-order valence-corrected chi connectivity index (χ4v) is 1.89. The van der Waals surface area contributed by atoms with Gasteiger partial charge >= 0.3 is 5.97 Å². The number of carboxylic acids is 1. The number of carboxylic acid groups (broad SMARTS) is 1. The molecule has 1 aromatic rings. The minimum absolute atomic E-state index is 0.245. The van der Waals surface area contributed by atoms with Crippen LogP contribution in [0.3, 0.4) is 0 Å². The van der Waals surface area contributed by atoms with Gasteiger partial charge in [0.2, 0.25) is 0 Å². The zero-order valence-corrected chi connectivity index (χ0v) is 10.7. The molecule has 0 unspecified atom stereocenters. The molecule has 1 aliphatic heterocycles. The lowest BCUT2D eigenvalue weighted by atomic mass is 10.0. The summed E-state index contributed by atoms with van der Waals surface area (Å²) in [7, 11) is 0. The molecular weight excluding hydrogens is 244 g/mol. The lowest BCUT2D eigenvalue weighted by Crippen LogP contribution is -2.41. The lowest BCUT2D eigenvalue weighted by Gasteiger charge is -2.26. The zero-order valence-electron chi connectivity index (χ0n) is 10.7. The number of carbonyl (C=O) groups is 2. The summed E-state index contributed by atoms with van der Waals surface area (Å²) in [5.41, 5.74) is 2.27. The molecule has 5 nitrogen and oxygen atoms in total. The van der Waals surface area contributed by atoms with Crippen molar-refractivity contribution in [1.29, 1.82) is 0 Å². The van der Waals surface area contributed by atoms with Crippen LogP contribution in [-0.2, 0) is 9.59 Å². The molecule has 1 aliphatic rings. The summed E-state index contributed by atoms with van der Waals surface area (Å²) in [6.45, 7) is 2.82. The van der Waals surface area contributed by atoms with Crippen LogP contribution in [0, 0.1) is 0 Å². The Kier molecular flexibility index (Phi) is 3.97. The molecule has 0 radical (unpaired) electrons. The van der Waals surface area contributed by atoms with Crippen LogP contribution in [-0.4, -0.2) is 36.6 Å². The number of hydrogen-bond donors (Lipinski definition) is 2. The Balaban J connectivity index is 2.28. The van der Waals surface area contributed by atoms with E-state index in [1.54, 1.807) is 31.2 Å². The monoisotopic (exact) mass is 260 g/mol. The van der Waals surface area contributed by atoms with E-state index in [-0.39, 0.29) is 12.5 Å². The number of nitrogens with zero attached hydrogens (tertiary/aromatic N) is 1. The van der Waals surface area contributed by atoms with Crippen molar-refractivity contribution in [2.75, 3.05) is 24.5 Å². The molecule has 1 amide bonds. The van der Waals surface area contributed by atoms with E-state index in [0.29, 0.717) is 24.4 Å². The predicted octanol–water partition coefficient (Wildman–Crippen LogP) is 1.02. The molecule has 0 aliphatic carbocycles. The number of amides is 1. The maximum Gasteiger partial charge on any atom is 0.323 e. The summed E-state index contributed by atoms with van der Waals surface area (Å²) in [5.74, 6) is -1.27. The zero-order chi connectivity index (χ0) is 13.8. The maximum atomic E-state index is 12.4. The Morgan fingerprint density at radius 1 is 1.26 bits per heavy atom. The van der Waals surface area contributed by atoms with Crippen molar-refractivity contribution >= 4 is 17.6 Å². The molecule has 0 bridgehead atoms. The van der Waals surface area contributed by atoms with Gasteiger partial charge in [-0.15, -0.1) is 0 Å². The first-order valence-electron chi connectivity index (χ1n) is 6.07. The molecule has 2 N–H and O–H groups in total. The van der Waals surface area contributed by atoms with E-state index in [9.17, 15) is 9.59 Å². The van der Waals surface area contributed by atoms with Crippen LogP contribution in [0.1, 0.15) is 6.92 Å². The van der Waals surface area contributed by atoms with Crippen LogP contribution >= 0.6 is 0 Å². The maximum absolute atomic E-state index is 12.4. The lowest BCUT2D eigenvalue weighted by molar-refractivity contribution is -0.136. The number of carbonyl (C=O) groups excluding carboxylic acids is 1.